The van der Waals surface area contributed by atoms with Gasteiger partial charge in [-0.05, 0) is 31.5 Å². The maximum absolute atomic E-state index is 13.0. The lowest BCUT2D eigenvalue weighted by Gasteiger charge is -2.19. The number of aromatic nitrogens is 3. The molecule has 0 aliphatic heterocycles. The van der Waals surface area contributed by atoms with Crippen LogP contribution in [0.2, 0.25) is 0 Å². The summed E-state index contributed by atoms with van der Waals surface area (Å²) in [5.74, 6) is -0.411. The molecule has 1 atom stereocenters. The number of hydrogen-bond donors (Lipinski definition) is 2. The maximum Gasteiger partial charge on any atom is 0.267 e. The fraction of sp³-hybridized carbons (Fsp3) is 0.263. The lowest BCUT2D eigenvalue weighted by atomic mass is 10.1. The zero-order chi connectivity index (χ0) is 18.8. The summed E-state index contributed by atoms with van der Waals surface area (Å²) in [6, 6.07) is 6.68. The molecule has 7 nitrogen and oxygen atoms in total. The third kappa shape index (κ3) is 2.81. The Hall–Kier alpha value is -3.22. The Morgan fingerprint density at radius 2 is 2.23 bits per heavy atom. The molecule has 0 saturated carbocycles. The Labute approximate surface area is 150 Å². The van der Waals surface area contributed by atoms with Crippen molar-refractivity contribution in [1.29, 1.82) is 5.41 Å². The first-order valence-electron chi connectivity index (χ1n) is 8.50. The van der Waals surface area contributed by atoms with Gasteiger partial charge in [0.25, 0.3) is 11.5 Å². The summed E-state index contributed by atoms with van der Waals surface area (Å²) in [6.07, 6.45) is 3.94. The number of nitrogens with zero attached hydrogens (tertiary/aromatic N) is 3. The summed E-state index contributed by atoms with van der Waals surface area (Å²) in [7, 11) is 0. The van der Waals surface area contributed by atoms with E-state index in [4.69, 9.17) is 5.41 Å². The minimum Gasteiger partial charge on any atom is -0.348 e. The van der Waals surface area contributed by atoms with Crippen molar-refractivity contribution < 1.29 is 4.79 Å². The Kier molecular flexibility index (Phi) is 4.71. The molecule has 2 N–H and O–H groups in total. The molecule has 1 amide bonds. The van der Waals surface area contributed by atoms with E-state index in [1.807, 2.05) is 13.8 Å². The second-order valence-electron chi connectivity index (χ2n) is 6.12. The van der Waals surface area contributed by atoms with E-state index in [0.717, 1.165) is 6.42 Å². The lowest BCUT2D eigenvalue weighted by Crippen LogP contribution is -2.36. The smallest absolute Gasteiger partial charge is 0.267 e. The number of rotatable bonds is 5. The molecule has 0 unspecified atom stereocenters. The molecule has 26 heavy (non-hydrogen) atoms. The molecule has 0 saturated heterocycles. The predicted octanol–water partition coefficient (Wildman–Crippen LogP) is 2.02. The lowest BCUT2D eigenvalue weighted by molar-refractivity contribution is 0.0955. The Balaban J connectivity index is 2.43. The van der Waals surface area contributed by atoms with Crippen molar-refractivity contribution in [3.8, 4) is 0 Å². The normalized spacial score (nSPS) is 12.2. The number of amides is 1. The standard InChI is InChI=1S/C19H21N5O2/c1-4-9-21-18(25)13-11-14-17(24(16(13)20)12(3)5-2)22-15-8-6-7-10-23(15)19(14)26/h4,6-8,10-12,20H,1,5,9H2,2-3H3,(H,21,25)/t12-/m0/s1. The molecule has 0 aliphatic carbocycles. The van der Waals surface area contributed by atoms with Crippen LogP contribution in [-0.2, 0) is 0 Å². The summed E-state index contributed by atoms with van der Waals surface area (Å²) in [6.45, 7) is 7.79. The van der Waals surface area contributed by atoms with Crippen LogP contribution in [0.1, 0.15) is 36.7 Å². The van der Waals surface area contributed by atoms with E-state index in [1.165, 1.54) is 10.5 Å². The molecule has 0 radical (unpaired) electrons. The van der Waals surface area contributed by atoms with E-state index in [1.54, 1.807) is 35.0 Å². The highest BCUT2D eigenvalue weighted by atomic mass is 16.1. The highest BCUT2D eigenvalue weighted by molar-refractivity contribution is 5.96. The van der Waals surface area contributed by atoms with E-state index in [2.05, 4.69) is 16.9 Å². The van der Waals surface area contributed by atoms with E-state index < -0.39 is 5.91 Å². The molecule has 3 aromatic heterocycles. The highest BCUT2D eigenvalue weighted by Gasteiger charge is 2.19. The van der Waals surface area contributed by atoms with Crippen LogP contribution in [-0.4, -0.2) is 26.4 Å². The Morgan fingerprint density at radius 3 is 2.92 bits per heavy atom. The molecule has 134 valence electrons. The molecule has 3 heterocycles. The number of pyridine rings is 2. The van der Waals surface area contributed by atoms with Crippen LogP contribution in [0.15, 0.2) is 47.9 Å². The molecule has 0 aromatic carbocycles. The van der Waals surface area contributed by atoms with Gasteiger partial charge in [0, 0.05) is 18.8 Å². The molecule has 3 rings (SSSR count). The first-order chi connectivity index (χ1) is 12.5. The van der Waals surface area contributed by atoms with E-state index >= 15 is 0 Å². The summed E-state index contributed by atoms with van der Waals surface area (Å²) in [5.41, 5.74) is 0.849. The zero-order valence-corrected chi connectivity index (χ0v) is 14.8. The third-order valence-electron chi connectivity index (χ3n) is 4.44. The van der Waals surface area contributed by atoms with Crippen LogP contribution in [0.5, 0.6) is 0 Å². The zero-order valence-electron chi connectivity index (χ0n) is 14.8. The van der Waals surface area contributed by atoms with Crippen molar-refractivity contribution in [2.75, 3.05) is 6.54 Å². The summed E-state index contributed by atoms with van der Waals surface area (Å²) in [5, 5.41) is 11.5. The summed E-state index contributed by atoms with van der Waals surface area (Å²) < 4.78 is 3.10. The van der Waals surface area contributed by atoms with Crippen LogP contribution >= 0.6 is 0 Å². The molecular formula is C19H21N5O2. The highest BCUT2D eigenvalue weighted by Crippen LogP contribution is 2.16. The summed E-state index contributed by atoms with van der Waals surface area (Å²) >= 11 is 0. The number of nitrogens with one attached hydrogen (secondary N) is 2. The topological polar surface area (TPSA) is 92.2 Å². The number of carbonyl (C=O) groups is 1. The maximum atomic E-state index is 13.0. The van der Waals surface area contributed by atoms with Crippen molar-refractivity contribution >= 4 is 22.6 Å². The van der Waals surface area contributed by atoms with Gasteiger partial charge in [-0.2, -0.15) is 0 Å². The molecule has 3 aromatic rings. The first-order valence-corrected chi connectivity index (χ1v) is 8.50. The van der Waals surface area contributed by atoms with Gasteiger partial charge in [0.2, 0.25) is 0 Å². The minimum absolute atomic E-state index is 0.0422. The molecule has 0 bridgehead atoms. The predicted molar refractivity (Wildman–Crippen MR) is 100 cm³/mol. The summed E-state index contributed by atoms with van der Waals surface area (Å²) in [4.78, 5) is 30.0. The van der Waals surface area contributed by atoms with E-state index in [-0.39, 0.29) is 29.2 Å². The van der Waals surface area contributed by atoms with Gasteiger partial charge in [-0.25, -0.2) is 4.98 Å². The van der Waals surface area contributed by atoms with Crippen molar-refractivity contribution in [1.82, 2.24) is 19.3 Å². The van der Waals surface area contributed by atoms with Gasteiger partial charge in [0.05, 0.1) is 10.9 Å². The fourth-order valence-corrected chi connectivity index (χ4v) is 2.89. The van der Waals surface area contributed by atoms with Crippen molar-refractivity contribution in [3.63, 3.8) is 0 Å². The van der Waals surface area contributed by atoms with Crippen LogP contribution < -0.4 is 16.4 Å². The van der Waals surface area contributed by atoms with E-state index in [9.17, 15) is 9.59 Å². The van der Waals surface area contributed by atoms with Gasteiger partial charge in [0.15, 0.2) is 0 Å². The monoisotopic (exact) mass is 351 g/mol. The van der Waals surface area contributed by atoms with Crippen molar-refractivity contribution in [3.05, 3.63) is 64.5 Å². The van der Waals surface area contributed by atoms with E-state index in [0.29, 0.717) is 16.7 Å². The van der Waals surface area contributed by atoms with Crippen LogP contribution in [0.4, 0.5) is 0 Å². The minimum atomic E-state index is -0.411. The second-order valence-corrected chi connectivity index (χ2v) is 6.12. The molecule has 0 spiro atoms. The number of hydrogen-bond acceptors (Lipinski definition) is 4. The van der Waals surface area contributed by atoms with Crippen molar-refractivity contribution in [2.45, 2.75) is 26.3 Å². The number of fused-ring (bicyclic) bond motifs is 2. The van der Waals surface area contributed by atoms with Crippen LogP contribution in [0, 0.1) is 5.41 Å². The van der Waals surface area contributed by atoms with Crippen LogP contribution in [0.3, 0.4) is 0 Å². The fourth-order valence-electron chi connectivity index (χ4n) is 2.89. The van der Waals surface area contributed by atoms with Gasteiger partial charge in [-0.15, -0.1) is 6.58 Å². The molecule has 0 fully saturated rings. The van der Waals surface area contributed by atoms with Gasteiger partial charge >= 0.3 is 0 Å². The Morgan fingerprint density at radius 1 is 1.46 bits per heavy atom. The van der Waals surface area contributed by atoms with Gasteiger partial charge in [0.1, 0.15) is 16.8 Å². The largest absolute Gasteiger partial charge is 0.348 e. The first kappa shape index (κ1) is 17.6. The molecule has 0 aliphatic rings. The SMILES string of the molecule is C=CCNC(=O)c1cc2c(=O)n3ccccc3nc2n([C@@H](C)CC)c1=N. The quantitative estimate of drug-likeness (QED) is 0.544. The van der Waals surface area contributed by atoms with Crippen molar-refractivity contribution in [2.24, 2.45) is 0 Å². The Bertz CT molecular complexity index is 1130. The van der Waals surface area contributed by atoms with Gasteiger partial charge in [-0.1, -0.05) is 19.1 Å². The third-order valence-corrected chi connectivity index (χ3v) is 4.44. The average Bonchev–Trinajstić information content (AvgIpc) is 2.65. The second kappa shape index (κ2) is 6.95. The van der Waals surface area contributed by atoms with Gasteiger partial charge in [-0.3, -0.25) is 19.4 Å². The molecular weight excluding hydrogens is 330 g/mol. The van der Waals surface area contributed by atoms with Gasteiger partial charge < -0.3 is 9.88 Å². The molecule has 7 heteroatoms. The number of carbonyl (C=O) groups excluding carboxylic acids is 1. The average molecular weight is 351 g/mol. The van der Waals surface area contributed by atoms with Crippen LogP contribution in [0.25, 0.3) is 16.7 Å².